The van der Waals surface area contributed by atoms with Gasteiger partial charge in [-0.2, -0.15) is 0 Å². The van der Waals surface area contributed by atoms with Crippen molar-refractivity contribution >= 4 is 17.8 Å². The van der Waals surface area contributed by atoms with E-state index in [1.807, 2.05) is 72.9 Å². The number of nitrogens with zero attached hydrogens (tertiary/aromatic N) is 3. The molecule has 0 spiro atoms. The highest BCUT2D eigenvalue weighted by Gasteiger charge is 2.20. The lowest BCUT2D eigenvalue weighted by Crippen LogP contribution is -2.39. The molecule has 4 rings (SSSR count). The monoisotopic (exact) mass is 510 g/mol. The molecule has 8 nitrogen and oxygen atoms in total. The molecule has 0 aliphatic rings. The summed E-state index contributed by atoms with van der Waals surface area (Å²) in [7, 11) is 3.14. The van der Waals surface area contributed by atoms with Gasteiger partial charge in [0.1, 0.15) is 6.54 Å². The lowest BCUT2D eigenvalue weighted by atomic mass is 10.1. The molecule has 8 heteroatoms. The summed E-state index contributed by atoms with van der Waals surface area (Å²) in [6.07, 6.45) is 3.64. The fraction of sp³-hybridized carbons (Fsp3) is 0.167. The number of carbonyl (C=O) groups excluding carboxylic acids is 2. The SMILES string of the molecule is C=CCN(CC(=O)Nc1nc(-c2ccccc2)cn1-c1ccc(OC)c(OC)c1)C(=O)Cc1ccccc1. The van der Waals surface area contributed by atoms with Crippen molar-refractivity contribution in [3.63, 3.8) is 0 Å². The summed E-state index contributed by atoms with van der Waals surface area (Å²) in [6, 6.07) is 24.5. The molecular weight excluding hydrogens is 480 g/mol. The Kier molecular flexibility index (Phi) is 8.56. The predicted octanol–water partition coefficient (Wildman–Crippen LogP) is 4.75. The van der Waals surface area contributed by atoms with Crippen LogP contribution in [-0.2, 0) is 16.0 Å². The van der Waals surface area contributed by atoms with Crippen molar-refractivity contribution in [2.75, 3.05) is 32.6 Å². The van der Waals surface area contributed by atoms with E-state index < -0.39 is 0 Å². The first-order valence-electron chi connectivity index (χ1n) is 12.1. The molecule has 0 fully saturated rings. The van der Waals surface area contributed by atoms with E-state index >= 15 is 0 Å². The topological polar surface area (TPSA) is 85.7 Å². The average Bonchev–Trinajstić information content (AvgIpc) is 3.37. The molecule has 0 saturated carbocycles. The smallest absolute Gasteiger partial charge is 0.246 e. The number of aromatic nitrogens is 2. The molecule has 0 aliphatic heterocycles. The highest BCUT2D eigenvalue weighted by Crippen LogP contribution is 2.31. The van der Waals surface area contributed by atoms with Crippen molar-refractivity contribution in [1.82, 2.24) is 14.5 Å². The first-order valence-corrected chi connectivity index (χ1v) is 12.1. The van der Waals surface area contributed by atoms with Crippen molar-refractivity contribution in [2.24, 2.45) is 0 Å². The summed E-state index contributed by atoms with van der Waals surface area (Å²) in [5, 5.41) is 2.89. The molecule has 0 saturated heterocycles. The summed E-state index contributed by atoms with van der Waals surface area (Å²) in [5.41, 5.74) is 3.17. The van der Waals surface area contributed by atoms with Crippen LogP contribution in [0.2, 0.25) is 0 Å². The largest absolute Gasteiger partial charge is 0.493 e. The highest BCUT2D eigenvalue weighted by atomic mass is 16.5. The second-order valence-corrected chi connectivity index (χ2v) is 8.50. The summed E-state index contributed by atoms with van der Waals surface area (Å²) in [5.74, 6) is 0.901. The van der Waals surface area contributed by atoms with E-state index in [9.17, 15) is 9.59 Å². The van der Waals surface area contributed by atoms with Crippen molar-refractivity contribution in [1.29, 1.82) is 0 Å². The summed E-state index contributed by atoms with van der Waals surface area (Å²) in [6.45, 7) is 3.84. The maximum Gasteiger partial charge on any atom is 0.246 e. The number of rotatable bonds is 11. The molecule has 2 amide bonds. The van der Waals surface area contributed by atoms with Crippen LogP contribution >= 0.6 is 0 Å². The molecule has 0 bridgehead atoms. The van der Waals surface area contributed by atoms with Crippen LogP contribution in [0, 0.1) is 0 Å². The Morgan fingerprint density at radius 1 is 0.974 bits per heavy atom. The summed E-state index contributed by atoms with van der Waals surface area (Å²) < 4.78 is 12.6. The molecule has 1 aromatic heterocycles. The van der Waals surface area contributed by atoms with Crippen LogP contribution in [0.25, 0.3) is 16.9 Å². The van der Waals surface area contributed by atoms with Gasteiger partial charge in [0.05, 0.1) is 32.0 Å². The minimum atomic E-state index is -0.375. The fourth-order valence-corrected chi connectivity index (χ4v) is 4.02. The van der Waals surface area contributed by atoms with Gasteiger partial charge in [-0.25, -0.2) is 4.98 Å². The van der Waals surface area contributed by atoms with Gasteiger partial charge in [0.2, 0.25) is 17.8 Å². The van der Waals surface area contributed by atoms with Crippen LogP contribution < -0.4 is 14.8 Å². The molecule has 0 atom stereocenters. The molecular formula is C30H30N4O4. The third-order valence-electron chi connectivity index (χ3n) is 5.91. The van der Waals surface area contributed by atoms with Gasteiger partial charge in [-0.15, -0.1) is 6.58 Å². The van der Waals surface area contributed by atoms with Gasteiger partial charge < -0.3 is 14.4 Å². The Morgan fingerprint density at radius 3 is 2.32 bits per heavy atom. The van der Waals surface area contributed by atoms with Crippen molar-refractivity contribution in [3.8, 4) is 28.4 Å². The zero-order chi connectivity index (χ0) is 26.9. The molecule has 1 heterocycles. The second-order valence-electron chi connectivity index (χ2n) is 8.50. The Labute approximate surface area is 222 Å². The number of nitrogens with one attached hydrogen (secondary N) is 1. The van der Waals surface area contributed by atoms with E-state index in [0.717, 1.165) is 16.8 Å². The third kappa shape index (κ3) is 6.28. The van der Waals surface area contributed by atoms with E-state index in [2.05, 4.69) is 11.9 Å². The predicted molar refractivity (Wildman–Crippen MR) is 148 cm³/mol. The number of amides is 2. The zero-order valence-corrected chi connectivity index (χ0v) is 21.5. The van der Waals surface area contributed by atoms with Crippen molar-refractivity contribution < 1.29 is 19.1 Å². The number of anilines is 1. The normalized spacial score (nSPS) is 10.5. The molecule has 0 unspecified atom stereocenters. The molecule has 0 aliphatic carbocycles. The zero-order valence-electron chi connectivity index (χ0n) is 21.5. The minimum Gasteiger partial charge on any atom is -0.493 e. The minimum absolute atomic E-state index is 0.142. The van der Waals surface area contributed by atoms with Crippen LogP contribution in [0.5, 0.6) is 11.5 Å². The number of methoxy groups -OCH3 is 2. The van der Waals surface area contributed by atoms with Gasteiger partial charge in [-0.05, 0) is 17.7 Å². The standard InChI is InChI=1S/C30H30N4O4/c1-4-17-33(29(36)18-22-11-7-5-8-12-22)21-28(35)32-30-31-25(23-13-9-6-10-14-23)20-34(30)24-15-16-26(37-2)27(19-24)38-3/h4-16,19-20H,1,17-18,21H2,2-3H3,(H,31,32,35). The van der Waals surface area contributed by atoms with Gasteiger partial charge in [0.25, 0.3) is 0 Å². The fourth-order valence-electron chi connectivity index (χ4n) is 4.02. The average molecular weight is 511 g/mol. The first kappa shape index (κ1) is 26.2. The van der Waals surface area contributed by atoms with E-state index in [4.69, 9.17) is 14.5 Å². The van der Waals surface area contributed by atoms with Crippen LogP contribution in [-0.4, -0.2) is 53.6 Å². The van der Waals surface area contributed by atoms with Gasteiger partial charge in [0, 0.05) is 24.4 Å². The van der Waals surface area contributed by atoms with Crippen LogP contribution in [0.15, 0.2) is 97.7 Å². The lowest BCUT2D eigenvalue weighted by molar-refractivity contribution is -0.133. The Bertz CT molecular complexity index is 1400. The van der Waals surface area contributed by atoms with Crippen molar-refractivity contribution in [2.45, 2.75) is 6.42 Å². The van der Waals surface area contributed by atoms with Crippen LogP contribution in [0.3, 0.4) is 0 Å². The lowest BCUT2D eigenvalue weighted by Gasteiger charge is -2.21. The second kappa shape index (κ2) is 12.4. The Morgan fingerprint density at radius 2 is 1.66 bits per heavy atom. The van der Waals surface area contributed by atoms with Crippen LogP contribution in [0.4, 0.5) is 5.95 Å². The van der Waals surface area contributed by atoms with Gasteiger partial charge in [-0.3, -0.25) is 19.5 Å². The van der Waals surface area contributed by atoms with E-state index in [1.165, 1.54) is 4.90 Å². The van der Waals surface area contributed by atoms with E-state index in [1.54, 1.807) is 37.0 Å². The number of hydrogen-bond acceptors (Lipinski definition) is 5. The maximum atomic E-state index is 13.2. The third-order valence-corrected chi connectivity index (χ3v) is 5.91. The summed E-state index contributed by atoms with van der Waals surface area (Å²) in [4.78, 5) is 32.3. The molecule has 1 N–H and O–H groups in total. The number of carbonyl (C=O) groups is 2. The number of ether oxygens (including phenoxy) is 2. The van der Waals surface area contributed by atoms with Gasteiger partial charge >= 0.3 is 0 Å². The first-order chi connectivity index (χ1) is 18.5. The summed E-state index contributed by atoms with van der Waals surface area (Å²) >= 11 is 0. The van der Waals surface area contributed by atoms with E-state index in [0.29, 0.717) is 23.1 Å². The molecule has 194 valence electrons. The molecule has 38 heavy (non-hydrogen) atoms. The van der Waals surface area contributed by atoms with E-state index in [-0.39, 0.29) is 31.3 Å². The molecule has 0 radical (unpaired) electrons. The Balaban J connectivity index is 1.61. The number of benzene rings is 3. The van der Waals surface area contributed by atoms with Gasteiger partial charge in [-0.1, -0.05) is 66.7 Å². The Hall–Kier alpha value is -4.85. The maximum absolute atomic E-state index is 13.2. The highest BCUT2D eigenvalue weighted by molar-refractivity contribution is 5.94. The molecule has 3 aromatic carbocycles. The van der Waals surface area contributed by atoms with Gasteiger partial charge in [0.15, 0.2) is 11.5 Å². The van der Waals surface area contributed by atoms with Crippen molar-refractivity contribution in [3.05, 3.63) is 103 Å². The quantitative estimate of drug-likeness (QED) is 0.294. The number of hydrogen-bond donors (Lipinski definition) is 1. The van der Waals surface area contributed by atoms with Crippen LogP contribution in [0.1, 0.15) is 5.56 Å². The molecule has 4 aromatic rings. The number of imidazole rings is 1.